The molecule has 13 N–H and O–H groups in total. The van der Waals surface area contributed by atoms with E-state index in [1.807, 2.05) is 55.4 Å². The molecule has 0 bridgehead atoms. The lowest BCUT2D eigenvalue weighted by Crippen LogP contribution is -2.56. The van der Waals surface area contributed by atoms with Crippen molar-refractivity contribution in [3.63, 3.8) is 0 Å². The van der Waals surface area contributed by atoms with Gasteiger partial charge in [-0.05, 0) is 218 Å². The number of hydrogen-bond donors (Lipinski definition) is 11. The molecule has 6 amide bonds. The number of aliphatic carboxylic acids is 1. The molecule has 0 aromatic rings. The average molecular weight is 1370 g/mol. The molecule has 29 nitrogen and oxygen atoms in total. The summed E-state index contributed by atoms with van der Waals surface area (Å²) < 4.78 is 51.6. The number of nitrogens with one attached hydrogen (secondary N) is 6. The molecule has 0 aromatic heterocycles. The SMILES string of the molecule is CC(=O)N[C@H](C(=O)OC(C)(C)C)[C@H](CCCB1OC(C)(C)C(C)(C)O1)CNC(=O)OC(C)(C)C.C[C@H](N)C(=O)N[C@H](C(=O)O)[C@@H](CN)CCCB(O)O.C[C@H](NC(=O)OC(C)(C)C)C(=O)N[C@H](C(=O)OC(C)(C)C)[C@H](CCCB1OC(C)(C)C(C)(C)O1)CNC(=O)OC(C)(C)C. The maximum Gasteiger partial charge on any atom is 0.457 e. The third-order valence-electron chi connectivity index (χ3n) is 15.3. The highest BCUT2D eigenvalue weighted by atomic mass is 16.7. The monoisotopic (exact) mass is 1370 g/mol. The minimum absolute atomic E-state index is 0.0103. The number of ether oxygens (including phenoxy) is 5. The number of rotatable bonds is 29. The summed E-state index contributed by atoms with van der Waals surface area (Å²) in [4.78, 5) is 111. The largest absolute Gasteiger partial charge is 0.480 e. The van der Waals surface area contributed by atoms with Gasteiger partial charge < -0.3 is 101 Å². The fraction of sp³-hybridized carbons (Fsp3) is 0.859. The van der Waals surface area contributed by atoms with E-state index in [9.17, 15) is 43.2 Å². The molecule has 0 unspecified atom stereocenters. The van der Waals surface area contributed by atoms with Crippen LogP contribution in [0.1, 0.15) is 219 Å². The Bertz CT molecular complexity index is 2480. The second-order valence-electron chi connectivity index (χ2n) is 31.6. The van der Waals surface area contributed by atoms with Gasteiger partial charge in [-0.2, -0.15) is 0 Å². The number of carboxylic acid groups (broad SMARTS) is 1. The first kappa shape index (κ1) is 90.5. The average Bonchev–Trinajstić information content (AvgIpc) is 1.65. The summed E-state index contributed by atoms with van der Waals surface area (Å²) in [6.07, 6.45) is 2.14. The van der Waals surface area contributed by atoms with Gasteiger partial charge in [-0.1, -0.05) is 19.3 Å². The molecule has 0 aromatic carbocycles. The Hall–Kier alpha value is -5.50. The Morgan fingerprint density at radius 3 is 1.10 bits per heavy atom. The predicted molar refractivity (Wildman–Crippen MR) is 366 cm³/mol. The lowest BCUT2D eigenvalue weighted by molar-refractivity contribution is -0.161. The van der Waals surface area contributed by atoms with Gasteiger partial charge in [0.1, 0.15) is 52.2 Å². The Labute approximate surface area is 572 Å². The maximum atomic E-state index is 13.5. The van der Waals surface area contributed by atoms with E-state index in [1.54, 1.807) is 104 Å². The van der Waals surface area contributed by atoms with Gasteiger partial charge in [-0.25, -0.2) is 28.8 Å². The molecule has 0 aliphatic carbocycles. The molecule has 2 rings (SSSR count). The molecule has 2 aliphatic heterocycles. The molecule has 8 atom stereocenters. The molecule has 2 heterocycles. The third kappa shape index (κ3) is 36.9. The summed E-state index contributed by atoms with van der Waals surface area (Å²) in [7, 11) is -2.25. The Balaban J connectivity index is 0.00000151. The first-order valence-corrected chi connectivity index (χ1v) is 33.3. The number of amides is 6. The molecular weight excluding hydrogens is 1250 g/mol. The van der Waals surface area contributed by atoms with Gasteiger partial charge >= 0.3 is 57.5 Å². The van der Waals surface area contributed by atoms with Crippen LogP contribution in [0, 0.1) is 17.8 Å². The van der Waals surface area contributed by atoms with E-state index in [-0.39, 0.29) is 39.0 Å². The van der Waals surface area contributed by atoms with Crippen LogP contribution < -0.4 is 43.4 Å². The quantitative estimate of drug-likeness (QED) is 0.0222. The van der Waals surface area contributed by atoms with Crippen molar-refractivity contribution in [3.05, 3.63) is 0 Å². The second-order valence-corrected chi connectivity index (χ2v) is 31.6. The predicted octanol–water partition coefficient (Wildman–Crippen LogP) is 6.32. The molecule has 2 fully saturated rings. The summed E-state index contributed by atoms with van der Waals surface area (Å²) in [6, 6.07) is -5.03. The van der Waals surface area contributed by atoms with Crippen molar-refractivity contribution in [3.8, 4) is 0 Å². The molecule has 2 saturated heterocycles. The zero-order valence-corrected chi connectivity index (χ0v) is 62.7. The first-order chi connectivity index (χ1) is 43.2. The van der Waals surface area contributed by atoms with Crippen molar-refractivity contribution >= 4 is 75.3 Å². The van der Waals surface area contributed by atoms with Crippen LogP contribution in [-0.4, -0.2) is 191 Å². The van der Waals surface area contributed by atoms with Gasteiger partial charge in [0.25, 0.3) is 0 Å². The Morgan fingerprint density at radius 1 is 0.479 bits per heavy atom. The summed E-state index contributed by atoms with van der Waals surface area (Å²) in [5, 5.41) is 42.3. The van der Waals surface area contributed by atoms with Gasteiger partial charge in [0.2, 0.25) is 17.7 Å². The topological polar surface area (TPSA) is 422 Å². The third-order valence-corrected chi connectivity index (χ3v) is 15.3. The van der Waals surface area contributed by atoms with Crippen LogP contribution >= 0.6 is 0 Å². The normalized spacial score (nSPS) is 18.2. The fourth-order valence-electron chi connectivity index (χ4n) is 9.25. The van der Waals surface area contributed by atoms with Gasteiger partial charge in [0, 0.05) is 37.8 Å². The summed E-state index contributed by atoms with van der Waals surface area (Å²) in [5.41, 5.74) is 5.35. The van der Waals surface area contributed by atoms with Crippen molar-refractivity contribution in [1.29, 1.82) is 0 Å². The Kier molecular flexibility index (Phi) is 36.0. The number of carbonyl (C=O) groups excluding carboxylic acids is 8. The van der Waals surface area contributed by atoms with Crippen LogP contribution in [0.5, 0.6) is 0 Å². The highest BCUT2D eigenvalue weighted by molar-refractivity contribution is 6.45. The second kappa shape index (κ2) is 38.2. The van der Waals surface area contributed by atoms with Crippen LogP contribution in [-0.2, 0) is 71.1 Å². The zero-order valence-electron chi connectivity index (χ0n) is 62.7. The van der Waals surface area contributed by atoms with E-state index in [0.29, 0.717) is 51.2 Å². The van der Waals surface area contributed by atoms with Gasteiger partial charge in [0.05, 0.1) is 28.4 Å². The molecule has 0 radical (unpaired) electrons. The van der Waals surface area contributed by atoms with Crippen LogP contribution in [0.3, 0.4) is 0 Å². The molecule has 2 aliphatic rings. The number of alkyl carbamates (subject to hydrolysis) is 3. The lowest BCUT2D eigenvalue weighted by atomic mass is 9.80. The number of nitrogens with two attached hydrogens (primary N) is 2. The number of hydrogen-bond acceptors (Lipinski definition) is 22. The lowest BCUT2D eigenvalue weighted by Gasteiger charge is -2.32. The van der Waals surface area contributed by atoms with Gasteiger partial charge in [-0.15, -0.1) is 0 Å². The smallest absolute Gasteiger partial charge is 0.457 e. The van der Waals surface area contributed by atoms with Crippen LogP contribution in [0.15, 0.2) is 0 Å². The van der Waals surface area contributed by atoms with E-state index < -0.39 is 161 Å². The van der Waals surface area contributed by atoms with E-state index in [0.717, 1.165) is 0 Å². The summed E-state index contributed by atoms with van der Waals surface area (Å²) >= 11 is 0. The van der Waals surface area contributed by atoms with E-state index in [4.69, 9.17) is 68.9 Å². The fourth-order valence-corrected chi connectivity index (χ4v) is 9.25. The van der Waals surface area contributed by atoms with Crippen molar-refractivity contribution in [2.75, 3.05) is 19.6 Å². The molecule has 32 heteroatoms. The van der Waals surface area contributed by atoms with E-state index in [2.05, 4.69) is 31.9 Å². The summed E-state index contributed by atoms with van der Waals surface area (Å²) in [6.45, 7) is 46.5. The number of carbonyl (C=O) groups is 9. The standard InChI is InChI=1S/C30H56BN3O9.C24H45BN2O7.C10H22BN3O5/c1-19(33-25(38)41-28(8,9)10)22(35)34-21(23(36)39-26(2,3)4)20(18-32-24(37)40-27(5,6)7)16-15-17-31-42-29(11,12)30(13,14)43-31;1-16(28)27-18(19(29)31-21(2,3)4)17(15-26-20(30)32-22(5,6)7)13-12-14-25-33-23(8,9)24(10,11)34-25;1-6(13)9(15)14-8(10(16)17)7(5-12)3-2-4-11(18)19/h19-21H,15-18H2,1-14H3,(H,32,37)(H,33,38)(H,34,35);17-18H,12-15H2,1-11H3,(H,26,30)(H,27,28);6-8,18-19H,2-5,12-13H2,1H3,(H,14,15)(H,16,17)/t19-,20+,21-;17-,18+;6-,7+,8-/m010/s1. The number of esters is 2. The van der Waals surface area contributed by atoms with Crippen molar-refractivity contribution in [2.45, 2.75) is 318 Å². The van der Waals surface area contributed by atoms with Crippen molar-refractivity contribution in [1.82, 2.24) is 31.9 Å². The first-order valence-electron chi connectivity index (χ1n) is 33.3. The minimum atomic E-state index is -1.43. The minimum Gasteiger partial charge on any atom is -0.480 e. The van der Waals surface area contributed by atoms with Crippen molar-refractivity contribution in [2.24, 2.45) is 29.2 Å². The molecule has 96 heavy (non-hydrogen) atoms. The van der Waals surface area contributed by atoms with Crippen LogP contribution in [0.2, 0.25) is 19.0 Å². The maximum absolute atomic E-state index is 13.5. The highest BCUT2D eigenvalue weighted by Crippen LogP contribution is 2.40. The molecule has 0 spiro atoms. The Morgan fingerprint density at radius 2 is 0.802 bits per heavy atom. The summed E-state index contributed by atoms with van der Waals surface area (Å²) in [5.74, 6) is -5.44. The molecule has 0 saturated carbocycles. The molecule has 554 valence electrons. The highest BCUT2D eigenvalue weighted by Gasteiger charge is 2.52. The van der Waals surface area contributed by atoms with Crippen LogP contribution in [0.4, 0.5) is 14.4 Å². The van der Waals surface area contributed by atoms with E-state index >= 15 is 0 Å². The zero-order chi connectivity index (χ0) is 75.1. The van der Waals surface area contributed by atoms with Gasteiger partial charge in [-0.3, -0.25) is 14.4 Å². The van der Waals surface area contributed by atoms with E-state index in [1.165, 1.54) is 20.8 Å². The van der Waals surface area contributed by atoms with Gasteiger partial charge in [0.15, 0.2) is 0 Å². The molecular formula is C64H123B3N8O21. The van der Waals surface area contributed by atoms with Crippen molar-refractivity contribution < 1.29 is 101 Å². The van der Waals surface area contributed by atoms with Crippen LogP contribution in [0.25, 0.3) is 0 Å². The number of carboxylic acids is 1.